The fraction of sp³-hybridized carbons (Fsp3) is 0.600. The molecule has 1 aliphatic heterocycles. The molecule has 0 aromatic carbocycles. The second-order valence-corrected chi connectivity index (χ2v) is 6.31. The van der Waals surface area contributed by atoms with Crippen LogP contribution in [0.15, 0.2) is 18.3 Å². The molecule has 5 heteroatoms. The molecule has 1 atom stereocenters. The number of likely N-dealkylation sites (tertiary alicyclic amines) is 1. The number of rotatable bonds is 3. The van der Waals surface area contributed by atoms with E-state index in [1.807, 2.05) is 18.3 Å². The van der Waals surface area contributed by atoms with Crippen LogP contribution >= 0.6 is 11.6 Å². The summed E-state index contributed by atoms with van der Waals surface area (Å²) in [4.78, 5) is 2.60. The summed E-state index contributed by atoms with van der Waals surface area (Å²) < 4.78 is 2.05. The minimum atomic E-state index is 0.576. The van der Waals surface area contributed by atoms with E-state index in [-0.39, 0.29) is 0 Å². The number of piperidine rings is 1. The molecule has 0 aliphatic carbocycles. The lowest BCUT2D eigenvalue weighted by Gasteiger charge is -2.38. The van der Waals surface area contributed by atoms with Gasteiger partial charge in [-0.05, 0) is 39.3 Å². The molecule has 1 unspecified atom stereocenters. The molecule has 0 bridgehead atoms. The molecule has 0 amide bonds. The van der Waals surface area contributed by atoms with Crippen molar-refractivity contribution in [1.29, 1.82) is 0 Å². The molecule has 3 heterocycles. The number of hydrogen-bond acceptors (Lipinski definition) is 3. The highest BCUT2D eigenvalue weighted by Gasteiger charge is 2.26. The van der Waals surface area contributed by atoms with Gasteiger partial charge in [0.2, 0.25) is 0 Å². The quantitative estimate of drug-likeness (QED) is 0.871. The molecule has 1 aliphatic rings. The van der Waals surface area contributed by atoms with Crippen LogP contribution in [0, 0.1) is 0 Å². The van der Waals surface area contributed by atoms with Crippen molar-refractivity contribution in [3.63, 3.8) is 0 Å². The summed E-state index contributed by atoms with van der Waals surface area (Å²) in [6.07, 6.45) is 6.80. The Balaban J connectivity index is 1.84. The summed E-state index contributed by atoms with van der Waals surface area (Å²) >= 11 is 6.00. The minimum Gasteiger partial charge on any atom is -0.298 e. The monoisotopic (exact) mass is 292 g/mol. The number of halogens is 1. The maximum absolute atomic E-state index is 6.00. The van der Waals surface area contributed by atoms with Crippen molar-refractivity contribution in [2.45, 2.75) is 51.6 Å². The van der Waals surface area contributed by atoms with Crippen molar-refractivity contribution in [3.8, 4) is 0 Å². The van der Waals surface area contributed by atoms with Crippen molar-refractivity contribution in [1.82, 2.24) is 19.5 Å². The van der Waals surface area contributed by atoms with Crippen LogP contribution in [0.3, 0.4) is 0 Å². The Hall–Kier alpha value is -1.13. The molecule has 0 N–H and O–H groups in total. The van der Waals surface area contributed by atoms with E-state index in [2.05, 4.69) is 33.3 Å². The summed E-state index contributed by atoms with van der Waals surface area (Å²) in [5, 5.41) is 9.28. The average molecular weight is 293 g/mol. The maximum atomic E-state index is 6.00. The van der Waals surface area contributed by atoms with Crippen molar-refractivity contribution in [3.05, 3.63) is 29.2 Å². The van der Waals surface area contributed by atoms with E-state index in [9.17, 15) is 0 Å². The first-order chi connectivity index (χ1) is 9.65. The first kappa shape index (κ1) is 13.8. The number of hydrogen-bond donors (Lipinski definition) is 0. The van der Waals surface area contributed by atoms with E-state index >= 15 is 0 Å². The first-order valence-corrected chi connectivity index (χ1v) is 7.78. The lowest BCUT2D eigenvalue weighted by Crippen LogP contribution is -2.45. The summed E-state index contributed by atoms with van der Waals surface area (Å²) in [6.45, 7) is 5.75. The van der Waals surface area contributed by atoms with Gasteiger partial charge in [-0.15, -0.1) is 10.2 Å². The Morgan fingerprint density at radius 2 is 2.20 bits per heavy atom. The van der Waals surface area contributed by atoms with E-state index in [4.69, 9.17) is 11.6 Å². The van der Waals surface area contributed by atoms with Crippen molar-refractivity contribution in [2.24, 2.45) is 0 Å². The molecule has 3 rings (SSSR count). The first-order valence-electron chi connectivity index (χ1n) is 7.40. The van der Waals surface area contributed by atoms with Gasteiger partial charge in [-0.3, -0.25) is 9.30 Å². The van der Waals surface area contributed by atoms with Gasteiger partial charge < -0.3 is 0 Å². The Morgan fingerprint density at radius 3 is 3.00 bits per heavy atom. The van der Waals surface area contributed by atoms with Gasteiger partial charge in [0, 0.05) is 35.8 Å². The smallest absolute Gasteiger partial charge is 0.162 e. The minimum absolute atomic E-state index is 0.576. The fourth-order valence-corrected chi connectivity index (χ4v) is 3.34. The molecular formula is C15H21ClN4. The van der Waals surface area contributed by atoms with Gasteiger partial charge in [-0.25, -0.2) is 0 Å². The van der Waals surface area contributed by atoms with Crippen molar-refractivity contribution in [2.75, 3.05) is 6.54 Å². The Bertz CT molecular complexity index is 593. The maximum Gasteiger partial charge on any atom is 0.162 e. The predicted octanol–water partition coefficient (Wildman–Crippen LogP) is 3.19. The lowest BCUT2D eigenvalue weighted by molar-refractivity contribution is 0.110. The summed E-state index contributed by atoms with van der Waals surface area (Å²) in [5.74, 6) is 1.04. The number of aromatic nitrogens is 3. The van der Waals surface area contributed by atoms with Gasteiger partial charge in [0.15, 0.2) is 5.65 Å². The number of fused-ring (bicyclic) bond motifs is 1. The number of nitrogens with zero attached hydrogens (tertiary/aromatic N) is 4. The van der Waals surface area contributed by atoms with E-state index in [1.165, 1.54) is 25.8 Å². The molecular weight excluding hydrogens is 272 g/mol. The van der Waals surface area contributed by atoms with Gasteiger partial charge in [0.1, 0.15) is 5.82 Å². The molecule has 108 valence electrons. The zero-order chi connectivity index (χ0) is 14.1. The van der Waals surface area contributed by atoms with Crippen LogP contribution in [0.4, 0.5) is 0 Å². The largest absolute Gasteiger partial charge is 0.298 e. The van der Waals surface area contributed by atoms with Crippen LogP contribution in [0.2, 0.25) is 5.02 Å². The Labute approximate surface area is 124 Å². The van der Waals surface area contributed by atoms with Crippen LogP contribution in [0.5, 0.6) is 0 Å². The molecule has 20 heavy (non-hydrogen) atoms. The highest BCUT2D eigenvalue weighted by Crippen LogP contribution is 2.23. The molecule has 0 spiro atoms. The summed E-state index contributed by atoms with van der Waals surface area (Å²) in [5.41, 5.74) is 0.833. The normalized spacial score (nSPS) is 20.9. The molecule has 2 aromatic heterocycles. The summed E-state index contributed by atoms with van der Waals surface area (Å²) in [7, 11) is 0. The third-order valence-corrected chi connectivity index (χ3v) is 4.43. The highest BCUT2D eigenvalue weighted by atomic mass is 35.5. The molecule has 0 saturated carbocycles. The third-order valence-electron chi connectivity index (χ3n) is 4.20. The predicted molar refractivity (Wildman–Crippen MR) is 81.2 cm³/mol. The zero-order valence-corrected chi connectivity index (χ0v) is 12.8. The van der Waals surface area contributed by atoms with Gasteiger partial charge in [-0.2, -0.15) is 0 Å². The zero-order valence-electron chi connectivity index (χ0n) is 12.1. The van der Waals surface area contributed by atoms with Gasteiger partial charge in [-0.1, -0.05) is 18.0 Å². The van der Waals surface area contributed by atoms with Crippen LogP contribution in [0.1, 0.15) is 38.9 Å². The Kier molecular flexibility index (Phi) is 3.94. The standard InChI is InChI=1S/C15H21ClN4/c1-11(2)19-7-4-3-5-13(19)10-15-18-17-14-9-12(16)6-8-20(14)15/h6,8-9,11,13H,3-5,7,10H2,1-2H3. The molecule has 0 radical (unpaired) electrons. The van der Waals surface area contributed by atoms with Crippen LogP contribution in [-0.4, -0.2) is 38.1 Å². The lowest BCUT2D eigenvalue weighted by atomic mass is 9.97. The van der Waals surface area contributed by atoms with Gasteiger partial charge >= 0.3 is 0 Å². The van der Waals surface area contributed by atoms with E-state index < -0.39 is 0 Å². The van der Waals surface area contributed by atoms with Crippen molar-refractivity contribution >= 4 is 17.2 Å². The SMILES string of the molecule is CC(C)N1CCCCC1Cc1nnc2cc(Cl)ccn12. The average Bonchev–Trinajstić information content (AvgIpc) is 2.81. The van der Waals surface area contributed by atoms with Crippen LogP contribution in [0.25, 0.3) is 5.65 Å². The highest BCUT2D eigenvalue weighted by molar-refractivity contribution is 6.30. The van der Waals surface area contributed by atoms with Crippen molar-refractivity contribution < 1.29 is 0 Å². The van der Waals surface area contributed by atoms with E-state index in [0.29, 0.717) is 17.1 Å². The third kappa shape index (κ3) is 2.67. The van der Waals surface area contributed by atoms with Crippen LogP contribution in [-0.2, 0) is 6.42 Å². The number of pyridine rings is 1. The second-order valence-electron chi connectivity index (χ2n) is 5.87. The Morgan fingerprint density at radius 1 is 1.35 bits per heavy atom. The molecule has 1 fully saturated rings. The second kappa shape index (κ2) is 5.70. The van der Waals surface area contributed by atoms with Gasteiger partial charge in [0.05, 0.1) is 0 Å². The topological polar surface area (TPSA) is 33.4 Å². The van der Waals surface area contributed by atoms with Gasteiger partial charge in [0.25, 0.3) is 0 Å². The van der Waals surface area contributed by atoms with Crippen LogP contribution < -0.4 is 0 Å². The summed E-state index contributed by atoms with van der Waals surface area (Å²) in [6, 6.07) is 4.92. The van der Waals surface area contributed by atoms with E-state index in [1.54, 1.807) is 0 Å². The fourth-order valence-electron chi connectivity index (χ4n) is 3.19. The molecule has 2 aromatic rings. The molecule has 4 nitrogen and oxygen atoms in total. The molecule has 1 saturated heterocycles. The van der Waals surface area contributed by atoms with E-state index in [0.717, 1.165) is 17.9 Å².